The first-order valence-corrected chi connectivity index (χ1v) is 7.66. The Morgan fingerprint density at radius 1 is 1.38 bits per heavy atom. The van der Waals surface area contributed by atoms with E-state index in [-0.39, 0.29) is 11.3 Å². The third-order valence-electron chi connectivity index (χ3n) is 4.12. The predicted octanol–water partition coefficient (Wildman–Crippen LogP) is 2.91. The minimum absolute atomic E-state index is 0.0580. The van der Waals surface area contributed by atoms with Crippen LogP contribution in [0.5, 0.6) is 0 Å². The number of fused-ring (bicyclic) bond motifs is 1. The van der Waals surface area contributed by atoms with Gasteiger partial charge in [-0.05, 0) is 29.5 Å². The minimum atomic E-state index is -0.0580. The number of benzene rings is 1. The summed E-state index contributed by atoms with van der Waals surface area (Å²) in [7, 11) is 1.73. The molecule has 2 heterocycles. The van der Waals surface area contributed by atoms with Crippen LogP contribution in [0.2, 0.25) is 0 Å². The van der Waals surface area contributed by atoms with E-state index in [1.165, 1.54) is 16.4 Å². The largest absolute Gasteiger partial charge is 0.307 e. The number of halogens is 1. The molecule has 0 unspecified atom stereocenters. The SMILES string of the molecule is Cn1nncc1C(=O)N1CCC(C)(C)c2ccc(Br)cc21. The summed E-state index contributed by atoms with van der Waals surface area (Å²) in [6.45, 7) is 5.13. The molecule has 0 atom stereocenters. The Morgan fingerprint density at radius 3 is 2.81 bits per heavy atom. The fourth-order valence-electron chi connectivity index (χ4n) is 2.78. The molecule has 0 saturated heterocycles. The van der Waals surface area contributed by atoms with Crippen LogP contribution in [-0.4, -0.2) is 27.4 Å². The van der Waals surface area contributed by atoms with Crippen molar-refractivity contribution in [1.29, 1.82) is 0 Å². The van der Waals surface area contributed by atoms with E-state index >= 15 is 0 Å². The maximum absolute atomic E-state index is 12.8. The zero-order valence-electron chi connectivity index (χ0n) is 12.3. The summed E-state index contributed by atoms with van der Waals surface area (Å²) in [6, 6.07) is 6.14. The van der Waals surface area contributed by atoms with Gasteiger partial charge in [0.25, 0.3) is 5.91 Å². The molecular weight excluding hydrogens is 332 g/mol. The molecule has 0 saturated carbocycles. The van der Waals surface area contributed by atoms with Gasteiger partial charge in [-0.15, -0.1) is 5.10 Å². The lowest BCUT2D eigenvalue weighted by molar-refractivity contribution is 0.0973. The summed E-state index contributed by atoms with van der Waals surface area (Å²) >= 11 is 3.50. The molecule has 6 heteroatoms. The molecule has 1 aliphatic heterocycles. The number of carbonyl (C=O) groups is 1. The number of hydrogen-bond donors (Lipinski definition) is 0. The topological polar surface area (TPSA) is 51.0 Å². The van der Waals surface area contributed by atoms with Crippen LogP contribution in [0.25, 0.3) is 0 Å². The van der Waals surface area contributed by atoms with Crippen molar-refractivity contribution in [2.75, 3.05) is 11.4 Å². The van der Waals surface area contributed by atoms with E-state index in [9.17, 15) is 4.79 Å². The lowest BCUT2D eigenvalue weighted by Crippen LogP contribution is -2.41. The second-order valence-corrected chi connectivity index (χ2v) is 6.91. The third kappa shape index (κ3) is 2.37. The summed E-state index contributed by atoms with van der Waals surface area (Å²) in [5.74, 6) is -0.0580. The zero-order chi connectivity index (χ0) is 15.2. The minimum Gasteiger partial charge on any atom is -0.307 e. The van der Waals surface area contributed by atoms with Crippen LogP contribution in [0, 0.1) is 0 Å². The predicted molar refractivity (Wildman–Crippen MR) is 84.5 cm³/mol. The van der Waals surface area contributed by atoms with E-state index in [4.69, 9.17) is 0 Å². The van der Waals surface area contributed by atoms with Gasteiger partial charge in [0.2, 0.25) is 0 Å². The van der Waals surface area contributed by atoms with Gasteiger partial charge in [-0.25, -0.2) is 4.68 Å². The number of amides is 1. The molecular formula is C15H17BrN4O. The highest BCUT2D eigenvalue weighted by Gasteiger charge is 2.34. The van der Waals surface area contributed by atoms with Gasteiger partial charge in [-0.3, -0.25) is 4.79 Å². The standard InChI is InChI=1S/C15H17BrN4O/c1-15(2)6-7-20(12-8-10(16)4-5-11(12)15)14(21)13-9-17-18-19(13)3/h4-5,8-9H,6-7H2,1-3H3. The average Bonchev–Trinajstić information content (AvgIpc) is 2.84. The molecule has 0 N–H and O–H groups in total. The Labute approximate surface area is 132 Å². The third-order valence-corrected chi connectivity index (χ3v) is 4.61. The van der Waals surface area contributed by atoms with Crippen molar-refractivity contribution in [2.45, 2.75) is 25.7 Å². The molecule has 5 nitrogen and oxygen atoms in total. The van der Waals surface area contributed by atoms with Crippen molar-refractivity contribution < 1.29 is 4.79 Å². The quantitative estimate of drug-likeness (QED) is 0.796. The zero-order valence-corrected chi connectivity index (χ0v) is 13.9. The van der Waals surface area contributed by atoms with Crippen LogP contribution in [0.3, 0.4) is 0 Å². The summed E-state index contributed by atoms with van der Waals surface area (Å²) in [6.07, 6.45) is 2.44. The van der Waals surface area contributed by atoms with Crippen molar-refractivity contribution >= 4 is 27.5 Å². The Bertz CT molecular complexity index is 707. The molecule has 0 radical (unpaired) electrons. The number of carbonyl (C=O) groups excluding carboxylic acids is 1. The van der Waals surface area contributed by atoms with Crippen LogP contribution in [0.15, 0.2) is 28.9 Å². The van der Waals surface area contributed by atoms with Crippen LogP contribution in [-0.2, 0) is 12.5 Å². The van der Waals surface area contributed by atoms with Crippen molar-refractivity contribution in [3.8, 4) is 0 Å². The number of anilines is 1. The molecule has 0 aliphatic carbocycles. The molecule has 0 bridgehead atoms. The van der Waals surface area contributed by atoms with Gasteiger partial charge in [0, 0.05) is 23.8 Å². The van der Waals surface area contributed by atoms with Crippen LogP contribution < -0.4 is 4.90 Å². The normalized spacial score (nSPS) is 16.7. The first kappa shape index (κ1) is 14.3. The van der Waals surface area contributed by atoms with Crippen molar-refractivity contribution in [3.63, 3.8) is 0 Å². The monoisotopic (exact) mass is 348 g/mol. The lowest BCUT2D eigenvalue weighted by Gasteiger charge is -2.39. The van der Waals surface area contributed by atoms with Gasteiger partial charge in [0.05, 0.1) is 6.20 Å². The molecule has 3 rings (SSSR count). The van der Waals surface area contributed by atoms with Gasteiger partial charge in [0.1, 0.15) is 5.69 Å². The molecule has 0 fully saturated rings. The second-order valence-electron chi connectivity index (χ2n) is 6.00. The summed E-state index contributed by atoms with van der Waals surface area (Å²) in [4.78, 5) is 14.6. The molecule has 1 aromatic carbocycles. The van der Waals surface area contributed by atoms with Gasteiger partial charge >= 0.3 is 0 Å². The molecule has 21 heavy (non-hydrogen) atoms. The fraction of sp³-hybridized carbons (Fsp3) is 0.400. The molecule has 1 aliphatic rings. The number of hydrogen-bond acceptors (Lipinski definition) is 3. The summed E-state index contributed by atoms with van der Waals surface area (Å²) in [5, 5.41) is 7.64. The molecule has 2 aromatic rings. The highest BCUT2D eigenvalue weighted by Crippen LogP contribution is 2.41. The van der Waals surface area contributed by atoms with Crippen molar-refractivity contribution in [1.82, 2.24) is 15.0 Å². The first-order valence-electron chi connectivity index (χ1n) is 6.87. The molecule has 1 amide bonds. The van der Waals surface area contributed by atoms with Crippen LogP contribution in [0.1, 0.15) is 36.3 Å². The lowest BCUT2D eigenvalue weighted by atomic mass is 9.77. The van der Waals surface area contributed by atoms with Gasteiger partial charge in [-0.1, -0.05) is 41.1 Å². The maximum atomic E-state index is 12.8. The Kier molecular flexibility index (Phi) is 3.36. The van der Waals surface area contributed by atoms with E-state index in [0.717, 1.165) is 16.6 Å². The Hall–Kier alpha value is -1.69. The average molecular weight is 349 g/mol. The van der Waals surface area contributed by atoms with Gasteiger partial charge in [-0.2, -0.15) is 0 Å². The molecule has 1 aromatic heterocycles. The van der Waals surface area contributed by atoms with Gasteiger partial charge in [0.15, 0.2) is 0 Å². The number of nitrogens with zero attached hydrogens (tertiary/aromatic N) is 4. The second kappa shape index (κ2) is 4.94. The molecule has 110 valence electrons. The highest BCUT2D eigenvalue weighted by molar-refractivity contribution is 9.10. The van der Waals surface area contributed by atoms with E-state index in [1.54, 1.807) is 7.05 Å². The van der Waals surface area contributed by atoms with Crippen molar-refractivity contribution in [3.05, 3.63) is 40.1 Å². The van der Waals surface area contributed by atoms with E-state index in [1.807, 2.05) is 17.0 Å². The van der Waals surface area contributed by atoms with E-state index < -0.39 is 0 Å². The van der Waals surface area contributed by atoms with Crippen LogP contribution >= 0.6 is 15.9 Å². The Morgan fingerprint density at radius 2 is 2.14 bits per heavy atom. The van der Waals surface area contributed by atoms with E-state index in [2.05, 4.69) is 46.2 Å². The molecule has 0 spiro atoms. The summed E-state index contributed by atoms with van der Waals surface area (Å²) < 4.78 is 2.49. The highest BCUT2D eigenvalue weighted by atomic mass is 79.9. The number of aromatic nitrogens is 3. The first-order chi connectivity index (χ1) is 9.90. The number of rotatable bonds is 1. The smallest absolute Gasteiger partial charge is 0.278 e. The van der Waals surface area contributed by atoms with Gasteiger partial charge < -0.3 is 4.90 Å². The fourth-order valence-corrected chi connectivity index (χ4v) is 3.13. The van der Waals surface area contributed by atoms with Crippen molar-refractivity contribution in [2.24, 2.45) is 7.05 Å². The van der Waals surface area contributed by atoms with E-state index in [0.29, 0.717) is 12.2 Å². The van der Waals surface area contributed by atoms with Crippen LogP contribution in [0.4, 0.5) is 5.69 Å². The maximum Gasteiger partial charge on any atom is 0.278 e. The summed E-state index contributed by atoms with van der Waals surface area (Å²) in [5.41, 5.74) is 2.73. The number of aryl methyl sites for hydroxylation is 1. The Balaban J connectivity index is 2.08.